The number of carbonyl (C=O) groups is 1. The normalized spacial score (nSPS) is 19.9. The Labute approximate surface area is 115 Å². The Balaban J connectivity index is 2.24. The maximum Gasteiger partial charge on any atom is 0.168 e. The highest BCUT2D eigenvalue weighted by molar-refractivity contribution is 6.14. The zero-order valence-corrected chi connectivity index (χ0v) is 11.1. The topological polar surface area (TPSA) is 49.7 Å². The van der Waals surface area contributed by atoms with Crippen molar-refractivity contribution in [3.05, 3.63) is 41.2 Å². The summed E-state index contributed by atoms with van der Waals surface area (Å²) in [7, 11) is 0. The quantitative estimate of drug-likeness (QED) is 0.854. The molecule has 5 heteroatoms. The third-order valence-electron chi connectivity index (χ3n) is 3.33. The first kappa shape index (κ1) is 14.4. The van der Waals surface area contributed by atoms with Crippen LogP contribution < -0.4 is 0 Å². The molecule has 0 aromatic heterocycles. The minimum Gasteiger partial charge on any atom is -0.511 e. The first-order chi connectivity index (χ1) is 9.49. The number of benzene rings is 1. The molecule has 1 aromatic rings. The van der Waals surface area contributed by atoms with Gasteiger partial charge in [-0.05, 0) is 18.1 Å². The van der Waals surface area contributed by atoms with Crippen molar-refractivity contribution in [2.75, 3.05) is 0 Å². The Morgan fingerprint density at radius 3 is 2.50 bits per heavy atom. The van der Waals surface area contributed by atoms with Crippen LogP contribution in [0.15, 0.2) is 34.5 Å². The molecule has 1 N–H and O–H groups in total. The highest BCUT2D eigenvalue weighted by atomic mass is 19.1. The minimum atomic E-state index is -0.739. The molecule has 0 spiro atoms. The van der Waals surface area contributed by atoms with Gasteiger partial charge in [-0.15, -0.1) is 0 Å². The van der Waals surface area contributed by atoms with Crippen LogP contribution in [-0.4, -0.2) is 17.1 Å². The Bertz CT molecular complexity index is 573. The Morgan fingerprint density at radius 1 is 1.30 bits per heavy atom. The molecule has 0 saturated heterocycles. The first-order valence-corrected chi connectivity index (χ1v) is 6.45. The molecule has 106 valence electrons. The molecule has 0 aliphatic heterocycles. The highest BCUT2D eigenvalue weighted by Gasteiger charge is 2.25. The van der Waals surface area contributed by atoms with Gasteiger partial charge in [0.15, 0.2) is 5.78 Å². The molecule has 0 bridgehead atoms. The third-order valence-corrected chi connectivity index (χ3v) is 3.33. The van der Waals surface area contributed by atoms with E-state index in [2.05, 4.69) is 4.99 Å². The monoisotopic (exact) mass is 279 g/mol. The maximum atomic E-state index is 13.0. The van der Waals surface area contributed by atoms with Gasteiger partial charge in [0, 0.05) is 25.1 Å². The molecule has 2 rings (SSSR count). The van der Waals surface area contributed by atoms with Gasteiger partial charge in [-0.3, -0.25) is 9.79 Å². The lowest BCUT2D eigenvalue weighted by molar-refractivity contribution is -0.116. The lowest BCUT2D eigenvalue weighted by Crippen LogP contribution is -2.19. The summed E-state index contributed by atoms with van der Waals surface area (Å²) in [5.74, 6) is -1.53. The van der Waals surface area contributed by atoms with E-state index in [9.17, 15) is 18.7 Å². The molecular formula is C15H15F2NO2. The van der Waals surface area contributed by atoms with Gasteiger partial charge >= 0.3 is 0 Å². The van der Waals surface area contributed by atoms with Gasteiger partial charge in [-0.2, -0.15) is 0 Å². The number of halogens is 2. The lowest BCUT2D eigenvalue weighted by atomic mass is 9.86. The van der Waals surface area contributed by atoms with Crippen molar-refractivity contribution in [2.45, 2.75) is 26.2 Å². The Hall–Kier alpha value is -2.04. The van der Waals surface area contributed by atoms with Crippen LogP contribution in [-0.2, 0) is 4.79 Å². The number of aliphatic hydroxyl groups excluding tert-OH is 1. The molecule has 1 atom stereocenters. The van der Waals surface area contributed by atoms with Crippen LogP contribution in [0, 0.1) is 17.6 Å². The van der Waals surface area contributed by atoms with Gasteiger partial charge < -0.3 is 5.11 Å². The molecular weight excluding hydrogens is 264 g/mol. The number of hydrogen-bond donors (Lipinski definition) is 1. The van der Waals surface area contributed by atoms with Crippen LogP contribution in [0.4, 0.5) is 14.5 Å². The van der Waals surface area contributed by atoms with Crippen molar-refractivity contribution in [2.24, 2.45) is 10.9 Å². The average Bonchev–Trinajstić information content (AvgIpc) is 2.36. The van der Waals surface area contributed by atoms with Crippen LogP contribution in [0.5, 0.6) is 0 Å². The minimum absolute atomic E-state index is 0.00581. The van der Waals surface area contributed by atoms with E-state index in [1.807, 2.05) is 6.92 Å². The number of aliphatic imine (C=N–C) groups is 1. The van der Waals surface area contributed by atoms with E-state index in [4.69, 9.17) is 0 Å². The third kappa shape index (κ3) is 3.29. The number of ketones is 1. The summed E-state index contributed by atoms with van der Waals surface area (Å²) in [5.41, 5.74) is 0.188. The fraction of sp³-hybridized carbons (Fsp3) is 0.333. The summed E-state index contributed by atoms with van der Waals surface area (Å²) in [6.45, 7) is 1.96. The van der Waals surface area contributed by atoms with Crippen molar-refractivity contribution in [3.8, 4) is 0 Å². The molecule has 0 radical (unpaired) electrons. The molecule has 0 saturated carbocycles. The number of allylic oxidation sites excluding steroid dienone is 2. The largest absolute Gasteiger partial charge is 0.511 e. The van der Waals surface area contributed by atoms with E-state index in [1.165, 1.54) is 6.21 Å². The predicted octanol–water partition coefficient (Wildman–Crippen LogP) is 3.87. The standard InChI is InChI=1S/C15H15F2NO2/c1-2-9-3-14(19)13(15(20)4-9)8-18-12-6-10(16)5-11(17)7-12/h5-9,19H,2-4H2,1H3. The number of aliphatic hydroxyl groups is 1. The molecule has 20 heavy (non-hydrogen) atoms. The van der Waals surface area contributed by atoms with Gasteiger partial charge in [-0.1, -0.05) is 13.3 Å². The molecule has 0 heterocycles. The highest BCUT2D eigenvalue weighted by Crippen LogP contribution is 2.27. The number of rotatable bonds is 3. The second-order valence-electron chi connectivity index (χ2n) is 4.85. The number of hydrogen-bond acceptors (Lipinski definition) is 3. The van der Waals surface area contributed by atoms with Gasteiger partial charge in [0.1, 0.15) is 17.4 Å². The second-order valence-corrected chi connectivity index (χ2v) is 4.85. The van der Waals surface area contributed by atoms with E-state index in [0.29, 0.717) is 12.8 Å². The van der Waals surface area contributed by atoms with E-state index in [1.54, 1.807) is 0 Å². The van der Waals surface area contributed by atoms with Crippen LogP contribution in [0.3, 0.4) is 0 Å². The van der Waals surface area contributed by atoms with Gasteiger partial charge in [0.25, 0.3) is 0 Å². The predicted molar refractivity (Wildman–Crippen MR) is 72.2 cm³/mol. The van der Waals surface area contributed by atoms with Crippen molar-refractivity contribution in [1.29, 1.82) is 0 Å². The fourth-order valence-corrected chi connectivity index (χ4v) is 2.18. The zero-order chi connectivity index (χ0) is 14.7. The molecule has 0 fully saturated rings. The summed E-state index contributed by atoms with van der Waals surface area (Å²) >= 11 is 0. The van der Waals surface area contributed by atoms with Crippen molar-refractivity contribution >= 4 is 17.7 Å². The number of carbonyl (C=O) groups excluding carboxylic acids is 1. The summed E-state index contributed by atoms with van der Waals surface area (Å²) in [5, 5.41) is 9.85. The zero-order valence-electron chi connectivity index (χ0n) is 11.1. The van der Waals surface area contributed by atoms with Gasteiger partial charge in [-0.25, -0.2) is 8.78 Å². The first-order valence-electron chi connectivity index (χ1n) is 6.45. The van der Waals surface area contributed by atoms with Crippen LogP contribution in [0.1, 0.15) is 26.2 Å². The maximum absolute atomic E-state index is 13.0. The van der Waals surface area contributed by atoms with Crippen LogP contribution in [0.25, 0.3) is 0 Å². The summed E-state index contributed by atoms with van der Waals surface area (Å²) < 4.78 is 26.0. The van der Waals surface area contributed by atoms with Crippen molar-refractivity contribution in [1.82, 2.24) is 0 Å². The summed E-state index contributed by atoms with van der Waals surface area (Å²) in [6.07, 6.45) is 2.79. The van der Waals surface area contributed by atoms with E-state index in [0.717, 1.165) is 24.6 Å². The average molecular weight is 279 g/mol. The van der Waals surface area contributed by atoms with E-state index in [-0.39, 0.29) is 28.7 Å². The second kappa shape index (κ2) is 5.94. The molecule has 1 unspecified atom stereocenters. The van der Waals surface area contributed by atoms with Crippen molar-refractivity contribution < 1.29 is 18.7 Å². The summed E-state index contributed by atoms with van der Waals surface area (Å²) in [4.78, 5) is 15.7. The van der Waals surface area contributed by atoms with Crippen LogP contribution >= 0.6 is 0 Å². The molecule has 0 amide bonds. The number of nitrogens with zero attached hydrogens (tertiary/aromatic N) is 1. The molecule has 1 aliphatic carbocycles. The Morgan fingerprint density at radius 2 is 1.95 bits per heavy atom. The molecule has 1 aromatic carbocycles. The van der Waals surface area contributed by atoms with Crippen molar-refractivity contribution in [3.63, 3.8) is 0 Å². The van der Waals surface area contributed by atoms with E-state index >= 15 is 0 Å². The van der Waals surface area contributed by atoms with E-state index < -0.39 is 11.6 Å². The van der Waals surface area contributed by atoms with Gasteiger partial charge in [0.2, 0.25) is 0 Å². The SMILES string of the molecule is CCC1CC(=O)C(C=Nc2cc(F)cc(F)c2)=C(O)C1. The lowest BCUT2D eigenvalue weighted by Gasteiger charge is -2.20. The number of Topliss-reactive ketones (excluding diaryl/α,β-unsaturated/α-hetero) is 1. The summed E-state index contributed by atoms with van der Waals surface area (Å²) in [6, 6.07) is 2.85. The Kier molecular flexibility index (Phi) is 4.27. The molecule has 1 aliphatic rings. The van der Waals surface area contributed by atoms with Crippen LogP contribution in [0.2, 0.25) is 0 Å². The molecule has 3 nitrogen and oxygen atoms in total. The van der Waals surface area contributed by atoms with Gasteiger partial charge in [0.05, 0.1) is 11.3 Å². The fourth-order valence-electron chi connectivity index (χ4n) is 2.18. The smallest absolute Gasteiger partial charge is 0.168 e.